The summed E-state index contributed by atoms with van der Waals surface area (Å²) >= 11 is 0. The van der Waals surface area contributed by atoms with E-state index in [1.54, 1.807) is 12.1 Å². The monoisotopic (exact) mass is 219 g/mol. The Kier molecular flexibility index (Phi) is 2.65. The molecule has 1 aromatic heterocycles. The predicted octanol–water partition coefficient (Wildman–Crippen LogP) is 1.71. The lowest BCUT2D eigenvalue weighted by Gasteiger charge is -1.98. The molecule has 0 saturated heterocycles. The molecule has 0 atom stereocenters. The van der Waals surface area contributed by atoms with Crippen LogP contribution in [0, 0.1) is 10.1 Å². The molecule has 2 N–H and O–H groups in total. The second kappa shape index (κ2) is 4.11. The molecule has 0 unspecified atom stereocenters. The zero-order chi connectivity index (χ0) is 11.5. The second-order valence-corrected chi connectivity index (χ2v) is 3.19. The molecular formula is C10H9N3O3. The van der Waals surface area contributed by atoms with Gasteiger partial charge in [-0.25, -0.2) is 0 Å². The maximum absolute atomic E-state index is 10.6. The highest BCUT2D eigenvalue weighted by molar-refractivity contribution is 5.63. The van der Waals surface area contributed by atoms with Crippen LogP contribution < -0.4 is 5.73 Å². The molecular weight excluding hydrogens is 210 g/mol. The van der Waals surface area contributed by atoms with E-state index in [1.807, 2.05) is 0 Å². The largest absolute Gasteiger partial charge is 0.356 e. The second-order valence-electron chi connectivity index (χ2n) is 3.19. The number of hydrogen-bond acceptors (Lipinski definition) is 5. The minimum absolute atomic E-state index is 0.0110. The Morgan fingerprint density at radius 2 is 2.31 bits per heavy atom. The summed E-state index contributed by atoms with van der Waals surface area (Å²) < 4.78 is 5.02. The van der Waals surface area contributed by atoms with Crippen molar-refractivity contribution in [1.29, 1.82) is 0 Å². The van der Waals surface area contributed by atoms with Crippen LogP contribution in [0.5, 0.6) is 0 Å². The Morgan fingerprint density at radius 3 is 3.00 bits per heavy atom. The van der Waals surface area contributed by atoms with Gasteiger partial charge in [-0.1, -0.05) is 17.3 Å². The van der Waals surface area contributed by atoms with Gasteiger partial charge in [0.2, 0.25) is 0 Å². The normalized spacial score (nSPS) is 10.3. The van der Waals surface area contributed by atoms with Gasteiger partial charge in [-0.05, 0) is 0 Å². The quantitative estimate of drug-likeness (QED) is 0.626. The minimum atomic E-state index is -0.456. The molecule has 0 bridgehead atoms. The van der Waals surface area contributed by atoms with E-state index in [4.69, 9.17) is 10.3 Å². The number of benzene rings is 1. The first kappa shape index (κ1) is 10.3. The Balaban J connectivity index is 2.48. The highest BCUT2D eigenvalue weighted by Crippen LogP contribution is 2.26. The van der Waals surface area contributed by atoms with Crippen LogP contribution in [0.25, 0.3) is 11.3 Å². The molecule has 0 radical (unpaired) electrons. The lowest BCUT2D eigenvalue weighted by atomic mass is 10.1. The number of non-ortho nitro benzene ring substituents is 1. The average Bonchev–Trinajstić information content (AvgIpc) is 2.77. The molecule has 16 heavy (non-hydrogen) atoms. The van der Waals surface area contributed by atoms with Crippen molar-refractivity contribution >= 4 is 5.69 Å². The number of aromatic nitrogens is 1. The van der Waals surface area contributed by atoms with Crippen LogP contribution in [-0.2, 0) is 6.54 Å². The number of nitro benzene ring substituents is 1. The van der Waals surface area contributed by atoms with Crippen molar-refractivity contribution < 1.29 is 9.45 Å². The highest BCUT2D eigenvalue weighted by Gasteiger charge is 2.13. The Morgan fingerprint density at radius 1 is 1.50 bits per heavy atom. The summed E-state index contributed by atoms with van der Waals surface area (Å²) in [6, 6.07) is 6.16. The van der Waals surface area contributed by atoms with Crippen LogP contribution in [0.3, 0.4) is 0 Å². The standard InChI is InChI=1S/C10H9N3O3/c11-5-8-6-12-16-10(8)7-2-1-3-9(4-7)13(14)15/h1-4,6H,5,11H2. The number of nitrogens with zero attached hydrogens (tertiary/aromatic N) is 2. The van der Waals surface area contributed by atoms with Crippen LogP contribution >= 0.6 is 0 Å². The van der Waals surface area contributed by atoms with Crippen LogP contribution in [0.2, 0.25) is 0 Å². The molecule has 0 fully saturated rings. The third kappa shape index (κ3) is 1.78. The van der Waals surface area contributed by atoms with E-state index in [0.29, 0.717) is 11.3 Å². The molecule has 2 aromatic rings. The van der Waals surface area contributed by atoms with Crippen LogP contribution in [-0.4, -0.2) is 10.1 Å². The molecule has 6 nitrogen and oxygen atoms in total. The fourth-order valence-electron chi connectivity index (χ4n) is 1.40. The van der Waals surface area contributed by atoms with Crippen molar-refractivity contribution in [3.63, 3.8) is 0 Å². The van der Waals surface area contributed by atoms with Crippen molar-refractivity contribution in [3.05, 3.63) is 46.1 Å². The van der Waals surface area contributed by atoms with Gasteiger partial charge < -0.3 is 10.3 Å². The fraction of sp³-hybridized carbons (Fsp3) is 0.100. The Bertz CT molecular complexity index is 522. The van der Waals surface area contributed by atoms with Gasteiger partial charge in [0.25, 0.3) is 5.69 Å². The van der Waals surface area contributed by atoms with E-state index in [1.165, 1.54) is 18.3 Å². The van der Waals surface area contributed by atoms with E-state index in [2.05, 4.69) is 5.16 Å². The Hall–Kier alpha value is -2.21. The molecule has 0 aliphatic rings. The van der Waals surface area contributed by atoms with E-state index >= 15 is 0 Å². The zero-order valence-corrected chi connectivity index (χ0v) is 8.29. The van der Waals surface area contributed by atoms with Crippen LogP contribution in [0.1, 0.15) is 5.56 Å². The topological polar surface area (TPSA) is 95.2 Å². The number of hydrogen-bond donors (Lipinski definition) is 1. The number of nitro groups is 1. The first-order valence-corrected chi connectivity index (χ1v) is 4.61. The summed E-state index contributed by atoms with van der Waals surface area (Å²) in [6.07, 6.45) is 1.51. The van der Waals surface area contributed by atoms with Gasteiger partial charge >= 0.3 is 0 Å². The van der Waals surface area contributed by atoms with Crippen LogP contribution in [0.4, 0.5) is 5.69 Å². The molecule has 0 saturated carbocycles. The predicted molar refractivity (Wildman–Crippen MR) is 56.5 cm³/mol. The maximum atomic E-state index is 10.6. The van der Waals surface area contributed by atoms with Gasteiger partial charge in [-0.15, -0.1) is 0 Å². The van der Waals surface area contributed by atoms with Gasteiger partial charge in [0, 0.05) is 29.8 Å². The average molecular weight is 219 g/mol. The first-order valence-electron chi connectivity index (χ1n) is 4.61. The summed E-state index contributed by atoms with van der Waals surface area (Å²) in [6.45, 7) is 0.279. The third-order valence-electron chi connectivity index (χ3n) is 2.18. The van der Waals surface area contributed by atoms with Crippen molar-refractivity contribution in [1.82, 2.24) is 5.16 Å². The van der Waals surface area contributed by atoms with Gasteiger partial charge in [0.1, 0.15) is 0 Å². The summed E-state index contributed by atoms with van der Waals surface area (Å²) in [7, 11) is 0. The molecule has 1 aromatic carbocycles. The van der Waals surface area contributed by atoms with Crippen molar-refractivity contribution in [2.75, 3.05) is 0 Å². The number of rotatable bonds is 3. The summed E-state index contributed by atoms with van der Waals surface area (Å²) in [5.74, 6) is 0.478. The molecule has 0 aliphatic heterocycles. The van der Waals surface area contributed by atoms with Crippen molar-refractivity contribution in [2.24, 2.45) is 5.73 Å². The molecule has 2 rings (SSSR count). The molecule has 0 aliphatic carbocycles. The lowest BCUT2D eigenvalue weighted by Crippen LogP contribution is -1.96. The Labute approximate surface area is 90.8 Å². The molecule has 0 spiro atoms. The zero-order valence-electron chi connectivity index (χ0n) is 8.29. The van der Waals surface area contributed by atoms with Gasteiger partial charge in [-0.3, -0.25) is 10.1 Å². The smallest absolute Gasteiger partial charge is 0.270 e. The van der Waals surface area contributed by atoms with Gasteiger partial charge in [0.15, 0.2) is 5.76 Å². The van der Waals surface area contributed by atoms with Gasteiger partial charge in [0.05, 0.1) is 11.1 Å². The first-order chi connectivity index (χ1) is 7.72. The third-order valence-corrected chi connectivity index (χ3v) is 2.18. The van der Waals surface area contributed by atoms with E-state index < -0.39 is 4.92 Å². The summed E-state index contributed by atoms with van der Waals surface area (Å²) in [5.41, 5.74) is 6.83. The maximum Gasteiger partial charge on any atom is 0.270 e. The lowest BCUT2D eigenvalue weighted by molar-refractivity contribution is -0.384. The van der Waals surface area contributed by atoms with E-state index in [-0.39, 0.29) is 12.2 Å². The number of nitrogens with two attached hydrogens (primary N) is 1. The van der Waals surface area contributed by atoms with Crippen LogP contribution in [0.15, 0.2) is 35.0 Å². The van der Waals surface area contributed by atoms with E-state index in [0.717, 1.165) is 5.56 Å². The SMILES string of the molecule is NCc1cnoc1-c1cccc([N+](=O)[O-])c1. The van der Waals surface area contributed by atoms with Gasteiger partial charge in [-0.2, -0.15) is 0 Å². The molecule has 6 heteroatoms. The molecule has 82 valence electrons. The van der Waals surface area contributed by atoms with Crippen molar-refractivity contribution in [2.45, 2.75) is 6.54 Å². The van der Waals surface area contributed by atoms with E-state index in [9.17, 15) is 10.1 Å². The van der Waals surface area contributed by atoms with Crippen molar-refractivity contribution in [3.8, 4) is 11.3 Å². The summed E-state index contributed by atoms with van der Waals surface area (Å²) in [5, 5.41) is 14.2. The molecule has 1 heterocycles. The fourth-order valence-corrected chi connectivity index (χ4v) is 1.40. The molecule has 0 amide bonds. The minimum Gasteiger partial charge on any atom is -0.356 e. The summed E-state index contributed by atoms with van der Waals surface area (Å²) in [4.78, 5) is 10.2. The highest BCUT2D eigenvalue weighted by atomic mass is 16.6.